The summed E-state index contributed by atoms with van der Waals surface area (Å²) >= 11 is 3.89. The van der Waals surface area contributed by atoms with E-state index in [4.69, 9.17) is 19.3 Å². The van der Waals surface area contributed by atoms with Crippen LogP contribution in [0.3, 0.4) is 0 Å². The van der Waals surface area contributed by atoms with Gasteiger partial charge in [-0.3, -0.25) is 10.1 Å². The number of nitrogens with one attached hydrogen (secondary N) is 1. The Balaban J connectivity index is 2.17. The highest BCUT2D eigenvalue weighted by atomic mass is 32.1. The third-order valence-electron chi connectivity index (χ3n) is 4.59. The molecular weight excluding hydrogens is 418 g/mol. The molecule has 0 saturated heterocycles. The fraction of sp³-hybridized carbons (Fsp3) is 0.391. The number of carbonyl (C=O) groups excluding carboxylic acids is 2. The Kier molecular flexibility index (Phi) is 10.2. The molecule has 0 aliphatic carbocycles. The van der Waals surface area contributed by atoms with Gasteiger partial charge in [0, 0.05) is 17.2 Å². The van der Waals surface area contributed by atoms with Gasteiger partial charge >= 0.3 is 12.1 Å². The molecule has 0 aliphatic rings. The number of benzene rings is 2. The number of ether oxygens (including phenoxy) is 3. The molecule has 0 spiro atoms. The van der Waals surface area contributed by atoms with Crippen LogP contribution in [0.4, 0.5) is 10.5 Å². The van der Waals surface area contributed by atoms with Crippen molar-refractivity contribution in [3.63, 3.8) is 0 Å². The van der Waals surface area contributed by atoms with Crippen LogP contribution in [0.5, 0.6) is 5.75 Å². The number of aliphatic hydroxyl groups is 1. The van der Waals surface area contributed by atoms with Crippen LogP contribution in [0.25, 0.3) is 0 Å². The van der Waals surface area contributed by atoms with Gasteiger partial charge in [0.2, 0.25) is 0 Å². The van der Waals surface area contributed by atoms with Crippen LogP contribution in [0, 0.1) is 12.8 Å². The van der Waals surface area contributed by atoms with E-state index in [1.54, 1.807) is 24.3 Å². The summed E-state index contributed by atoms with van der Waals surface area (Å²) in [5.41, 5.74) is 2.37. The fourth-order valence-electron chi connectivity index (χ4n) is 2.94. The van der Waals surface area contributed by atoms with Gasteiger partial charge in [-0.15, -0.1) is 0 Å². The molecule has 2 atom stereocenters. The molecule has 2 aromatic rings. The zero-order valence-corrected chi connectivity index (χ0v) is 18.6. The van der Waals surface area contributed by atoms with Gasteiger partial charge in [0.05, 0.1) is 19.0 Å². The molecule has 8 heteroatoms. The highest BCUT2D eigenvalue weighted by Crippen LogP contribution is 2.35. The van der Waals surface area contributed by atoms with Gasteiger partial charge in [0.15, 0.2) is 0 Å². The summed E-state index contributed by atoms with van der Waals surface area (Å²) in [7, 11) is 0. The highest BCUT2D eigenvalue weighted by Gasteiger charge is 2.27. The number of thiol groups is 1. The number of aliphatic hydroxyl groups excluding tert-OH is 1. The van der Waals surface area contributed by atoms with Gasteiger partial charge in [0.1, 0.15) is 18.5 Å². The number of carbonyl (C=O) groups is 2. The number of amides is 1. The van der Waals surface area contributed by atoms with Gasteiger partial charge in [0.25, 0.3) is 0 Å². The molecular formula is C23H29NO6S. The molecule has 1 amide bonds. The number of rotatable bonds is 11. The highest BCUT2D eigenvalue weighted by molar-refractivity contribution is 7.81. The average molecular weight is 448 g/mol. The molecule has 0 bridgehead atoms. The summed E-state index contributed by atoms with van der Waals surface area (Å²) in [5.74, 6) is -0.0680. The van der Waals surface area contributed by atoms with Crippen LogP contribution in [0.2, 0.25) is 0 Å². The molecule has 31 heavy (non-hydrogen) atoms. The molecule has 2 aromatic carbocycles. The molecule has 0 fully saturated rings. The first-order valence-corrected chi connectivity index (χ1v) is 10.7. The lowest BCUT2D eigenvalue weighted by atomic mass is 9.94. The standard InChI is InChI=1S/C23H29NO6S/c1-16-7-9-18(10-8-16)24-23(27)30-22(17(2)11-13-29-21(26)15-31)19-5-3-4-6-20(19)28-14-12-25/h3-10,17,22,25,31H,11-15H2,1-2H3,(H,24,27)/t17-,22-/m1/s1. The quantitative estimate of drug-likeness (QED) is 0.354. The van der Waals surface area contributed by atoms with Gasteiger partial charge in [-0.25, -0.2) is 4.79 Å². The summed E-state index contributed by atoms with van der Waals surface area (Å²) in [6.07, 6.45) is -0.795. The van der Waals surface area contributed by atoms with Gasteiger partial charge in [-0.2, -0.15) is 12.6 Å². The van der Waals surface area contributed by atoms with Gasteiger partial charge in [-0.05, 0) is 31.5 Å². The molecule has 0 unspecified atom stereocenters. The summed E-state index contributed by atoms with van der Waals surface area (Å²) in [6.45, 7) is 4.03. The first-order valence-electron chi connectivity index (χ1n) is 10.1. The number of esters is 1. The zero-order chi connectivity index (χ0) is 22.6. The molecule has 0 aromatic heterocycles. The van der Waals surface area contributed by atoms with E-state index in [1.807, 2.05) is 38.1 Å². The molecule has 0 radical (unpaired) electrons. The normalized spacial score (nSPS) is 12.5. The van der Waals surface area contributed by atoms with Crippen molar-refractivity contribution < 1.29 is 28.9 Å². The van der Waals surface area contributed by atoms with Crippen molar-refractivity contribution in [3.8, 4) is 5.75 Å². The summed E-state index contributed by atoms with van der Waals surface area (Å²) < 4.78 is 16.5. The Labute approximate surface area is 188 Å². The van der Waals surface area contributed by atoms with Crippen molar-refractivity contribution >= 4 is 30.4 Å². The predicted molar refractivity (Wildman–Crippen MR) is 122 cm³/mol. The zero-order valence-electron chi connectivity index (χ0n) is 17.7. The maximum absolute atomic E-state index is 12.6. The van der Waals surface area contributed by atoms with Crippen LogP contribution in [0.1, 0.15) is 30.6 Å². The topological polar surface area (TPSA) is 94.1 Å². The van der Waals surface area contributed by atoms with E-state index in [9.17, 15) is 9.59 Å². The first kappa shape index (κ1) is 24.6. The van der Waals surface area contributed by atoms with E-state index in [0.29, 0.717) is 23.4 Å². The van der Waals surface area contributed by atoms with Crippen molar-refractivity contribution in [2.75, 3.05) is 30.9 Å². The second-order valence-electron chi connectivity index (χ2n) is 7.07. The maximum Gasteiger partial charge on any atom is 0.412 e. The van der Waals surface area contributed by atoms with Crippen LogP contribution in [0.15, 0.2) is 48.5 Å². The molecule has 0 aliphatic heterocycles. The van der Waals surface area contributed by atoms with Crippen LogP contribution in [-0.2, 0) is 14.3 Å². The summed E-state index contributed by atoms with van der Waals surface area (Å²) in [6, 6.07) is 14.6. The van der Waals surface area contributed by atoms with Crippen LogP contribution in [-0.4, -0.2) is 42.7 Å². The minimum absolute atomic E-state index is 0.00506. The van der Waals surface area contributed by atoms with Crippen molar-refractivity contribution in [2.45, 2.75) is 26.4 Å². The van der Waals surface area contributed by atoms with Crippen LogP contribution < -0.4 is 10.1 Å². The lowest BCUT2D eigenvalue weighted by Crippen LogP contribution is -2.24. The van der Waals surface area contributed by atoms with Crippen molar-refractivity contribution in [1.29, 1.82) is 0 Å². The Morgan fingerprint density at radius 2 is 1.81 bits per heavy atom. The summed E-state index contributed by atoms with van der Waals surface area (Å²) in [4.78, 5) is 24.0. The van der Waals surface area contributed by atoms with E-state index in [-0.39, 0.29) is 31.5 Å². The van der Waals surface area contributed by atoms with E-state index in [1.165, 1.54) is 0 Å². The number of hydrogen-bond acceptors (Lipinski definition) is 7. The summed E-state index contributed by atoms with van der Waals surface area (Å²) in [5, 5.41) is 11.8. The molecule has 2 N–H and O–H groups in total. The minimum atomic E-state index is -0.657. The first-order chi connectivity index (χ1) is 14.9. The molecule has 0 saturated carbocycles. The maximum atomic E-state index is 12.6. The lowest BCUT2D eigenvalue weighted by Gasteiger charge is -2.26. The lowest BCUT2D eigenvalue weighted by molar-refractivity contribution is -0.141. The number of anilines is 1. The number of para-hydroxylation sites is 1. The van der Waals surface area contributed by atoms with Gasteiger partial charge in [-0.1, -0.05) is 42.8 Å². The smallest absolute Gasteiger partial charge is 0.412 e. The van der Waals surface area contributed by atoms with Crippen LogP contribution >= 0.6 is 12.6 Å². The Morgan fingerprint density at radius 1 is 1.10 bits per heavy atom. The largest absolute Gasteiger partial charge is 0.491 e. The third kappa shape index (κ3) is 8.15. The second kappa shape index (κ2) is 12.9. The average Bonchev–Trinajstić information content (AvgIpc) is 2.77. The number of hydrogen-bond donors (Lipinski definition) is 3. The second-order valence-corrected chi connectivity index (χ2v) is 7.39. The molecule has 168 valence electrons. The van der Waals surface area contributed by atoms with E-state index < -0.39 is 18.2 Å². The van der Waals surface area contributed by atoms with Gasteiger partial charge < -0.3 is 19.3 Å². The monoisotopic (exact) mass is 447 g/mol. The molecule has 2 rings (SSSR count). The molecule has 0 heterocycles. The van der Waals surface area contributed by atoms with E-state index in [2.05, 4.69) is 17.9 Å². The minimum Gasteiger partial charge on any atom is -0.491 e. The SMILES string of the molecule is Cc1ccc(NC(=O)O[C@@H](c2ccccc2OCCO)[C@H](C)CCOC(=O)CS)cc1. The fourth-order valence-corrected chi connectivity index (χ4v) is 3.04. The predicted octanol–water partition coefficient (Wildman–Crippen LogP) is 4.16. The van der Waals surface area contributed by atoms with E-state index in [0.717, 1.165) is 5.56 Å². The Bertz CT molecular complexity index is 842. The molecule has 7 nitrogen and oxygen atoms in total. The third-order valence-corrected chi connectivity index (χ3v) is 4.85. The van der Waals surface area contributed by atoms with E-state index >= 15 is 0 Å². The van der Waals surface area contributed by atoms with Crippen molar-refractivity contribution in [3.05, 3.63) is 59.7 Å². The van der Waals surface area contributed by atoms with Crippen molar-refractivity contribution in [1.82, 2.24) is 0 Å². The Morgan fingerprint density at radius 3 is 2.48 bits per heavy atom. The Hall–Kier alpha value is -2.71. The van der Waals surface area contributed by atoms with Crippen molar-refractivity contribution in [2.24, 2.45) is 5.92 Å². The number of aryl methyl sites for hydroxylation is 1.